The summed E-state index contributed by atoms with van der Waals surface area (Å²) < 4.78 is 28.0. The zero-order chi connectivity index (χ0) is 18.9. The van der Waals surface area contributed by atoms with E-state index in [1.165, 1.54) is 32.1 Å². The zero-order valence-electron chi connectivity index (χ0n) is 15.6. The van der Waals surface area contributed by atoms with Crippen LogP contribution >= 0.6 is 0 Å². The normalized spacial score (nSPS) is 15.9. The zero-order valence-corrected chi connectivity index (χ0v) is 16.4. The molecule has 0 bridgehead atoms. The van der Waals surface area contributed by atoms with Crippen molar-refractivity contribution in [1.29, 1.82) is 0 Å². The van der Waals surface area contributed by atoms with Crippen LogP contribution in [0.15, 0.2) is 48.5 Å². The molecule has 142 valence electrons. The minimum atomic E-state index is -3.31. The summed E-state index contributed by atoms with van der Waals surface area (Å²) in [5, 5.41) is 0. The van der Waals surface area contributed by atoms with E-state index >= 15 is 0 Å². The smallest absolute Gasteiger partial charge is 0.229 e. The van der Waals surface area contributed by atoms with Crippen LogP contribution in [0.4, 0.5) is 5.69 Å². The van der Waals surface area contributed by atoms with Gasteiger partial charge < -0.3 is 4.57 Å². The lowest BCUT2D eigenvalue weighted by Gasteiger charge is -2.23. The topological polar surface area (TPSA) is 64.0 Å². The Hall–Kier alpha value is -2.34. The van der Waals surface area contributed by atoms with Crippen molar-refractivity contribution in [3.05, 3.63) is 48.5 Å². The largest absolute Gasteiger partial charge is 0.324 e. The van der Waals surface area contributed by atoms with Crippen molar-refractivity contribution < 1.29 is 8.42 Å². The van der Waals surface area contributed by atoms with Gasteiger partial charge in [-0.3, -0.25) is 4.72 Å². The molecule has 0 spiro atoms. The van der Waals surface area contributed by atoms with E-state index < -0.39 is 10.0 Å². The van der Waals surface area contributed by atoms with Crippen molar-refractivity contribution in [2.75, 3.05) is 11.0 Å². The summed E-state index contributed by atoms with van der Waals surface area (Å²) in [5.74, 6) is 1.58. The molecule has 0 aliphatic heterocycles. The van der Waals surface area contributed by atoms with Gasteiger partial charge in [-0.2, -0.15) is 0 Å². The van der Waals surface area contributed by atoms with Crippen LogP contribution in [0.1, 0.15) is 32.1 Å². The predicted octanol–water partition coefficient (Wildman–Crippen LogP) is 4.66. The van der Waals surface area contributed by atoms with Gasteiger partial charge in [-0.1, -0.05) is 43.5 Å². The first-order chi connectivity index (χ1) is 13.0. The van der Waals surface area contributed by atoms with Crippen molar-refractivity contribution in [2.24, 2.45) is 5.92 Å². The number of para-hydroxylation sites is 2. The molecule has 1 fully saturated rings. The van der Waals surface area contributed by atoms with Gasteiger partial charge in [0, 0.05) is 17.8 Å². The van der Waals surface area contributed by atoms with E-state index in [1.807, 2.05) is 36.4 Å². The van der Waals surface area contributed by atoms with Crippen LogP contribution in [-0.2, 0) is 16.6 Å². The minimum absolute atomic E-state index is 0.561. The van der Waals surface area contributed by atoms with Crippen LogP contribution in [0.3, 0.4) is 0 Å². The summed E-state index contributed by atoms with van der Waals surface area (Å²) in [5.41, 5.74) is 3.60. The molecule has 1 heterocycles. The minimum Gasteiger partial charge on any atom is -0.324 e. The van der Waals surface area contributed by atoms with Crippen molar-refractivity contribution in [3.63, 3.8) is 0 Å². The second kappa shape index (κ2) is 7.35. The Labute approximate surface area is 160 Å². The van der Waals surface area contributed by atoms with Gasteiger partial charge in [0.1, 0.15) is 5.82 Å². The van der Waals surface area contributed by atoms with Gasteiger partial charge >= 0.3 is 0 Å². The van der Waals surface area contributed by atoms with E-state index in [2.05, 4.69) is 15.4 Å². The third kappa shape index (κ3) is 4.16. The lowest BCUT2D eigenvalue weighted by molar-refractivity contribution is 0.323. The van der Waals surface area contributed by atoms with Crippen LogP contribution in [0.25, 0.3) is 22.4 Å². The number of nitrogens with one attached hydrogen (secondary N) is 1. The van der Waals surface area contributed by atoms with Crippen molar-refractivity contribution in [1.82, 2.24) is 9.55 Å². The highest BCUT2D eigenvalue weighted by atomic mass is 32.2. The third-order valence-electron chi connectivity index (χ3n) is 5.24. The molecular formula is C21H25N3O2S. The van der Waals surface area contributed by atoms with E-state index in [-0.39, 0.29) is 0 Å². The lowest BCUT2D eigenvalue weighted by atomic mass is 9.89. The molecule has 0 atom stereocenters. The van der Waals surface area contributed by atoms with E-state index in [0.717, 1.165) is 35.2 Å². The van der Waals surface area contributed by atoms with E-state index in [9.17, 15) is 8.42 Å². The van der Waals surface area contributed by atoms with Gasteiger partial charge in [0.15, 0.2) is 0 Å². The Balaban J connectivity index is 1.76. The van der Waals surface area contributed by atoms with Crippen molar-refractivity contribution in [3.8, 4) is 11.4 Å². The summed E-state index contributed by atoms with van der Waals surface area (Å²) in [6.45, 7) is 0.958. The fourth-order valence-electron chi connectivity index (χ4n) is 4.04. The molecule has 1 aliphatic carbocycles. The molecule has 1 N–H and O–H groups in total. The molecule has 1 aliphatic rings. The van der Waals surface area contributed by atoms with E-state index in [4.69, 9.17) is 4.98 Å². The molecule has 0 radical (unpaired) electrons. The van der Waals surface area contributed by atoms with Crippen LogP contribution < -0.4 is 4.72 Å². The summed E-state index contributed by atoms with van der Waals surface area (Å²) in [6, 6.07) is 15.7. The molecule has 4 rings (SSSR count). The fraction of sp³-hybridized carbons (Fsp3) is 0.381. The second-order valence-electron chi connectivity index (χ2n) is 7.49. The molecule has 0 amide bonds. The van der Waals surface area contributed by atoms with Gasteiger partial charge in [0.05, 0.1) is 17.3 Å². The van der Waals surface area contributed by atoms with E-state index in [1.54, 1.807) is 6.07 Å². The number of hydrogen-bond donors (Lipinski definition) is 1. The maximum absolute atomic E-state index is 11.6. The number of fused-ring (bicyclic) bond motifs is 1. The molecule has 0 saturated heterocycles. The van der Waals surface area contributed by atoms with Gasteiger partial charge in [-0.25, -0.2) is 13.4 Å². The third-order valence-corrected chi connectivity index (χ3v) is 5.85. The number of anilines is 1. The molecule has 1 saturated carbocycles. The van der Waals surface area contributed by atoms with Crippen LogP contribution in [0.2, 0.25) is 0 Å². The molecule has 0 unspecified atom stereocenters. The van der Waals surface area contributed by atoms with Gasteiger partial charge in [-0.15, -0.1) is 0 Å². The lowest BCUT2D eigenvalue weighted by Crippen LogP contribution is -2.15. The summed E-state index contributed by atoms with van der Waals surface area (Å²) >= 11 is 0. The Kier molecular flexibility index (Phi) is 4.91. The number of aromatic nitrogens is 2. The first-order valence-electron chi connectivity index (χ1n) is 9.53. The molecular weight excluding hydrogens is 358 g/mol. The van der Waals surface area contributed by atoms with Gasteiger partial charge in [-0.05, 0) is 43.0 Å². The monoisotopic (exact) mass is 383 g/mol. The maximum atomic E-state index is 11.6. The fourth-order valence-corrected chi connectivity index (χ4v) is 4.60. The highest BCUT2D eigenvalue weighted by Crippen LogP contribution is 2.31. The first kappa shape index (κ1) is 18.0. The number of imidazole rings is 1. The number of nitrogens with zero attached hydrogens (tertiary/aromatic N) is 2. The van der Waals surface area contributed by atoms with Gasteiger partial charge in [0.2, 0.25) is 10.0 Å². The van der Waals surface area contributed by atoms with E-state index in [0.29, 0.717) is 11.6 Å². The highest BCUT2D eigenvalue weighted by Gasteiger charge is 2.19. The number of sulfonamides is 1. The first-order valence-corrected chi connectivity index (χ1v) is 11.4. The van der Waals surface area contributed by atoms with Crippen LogP contribution in [0.5, 0.6) is 0 Å². The Morgan fingerprint density at radius 2 is 1.85 bits per heavy atom. The van der Waals surface area contributed by atoms with Crippen molar-refractivity contribution >= 4 is 26.7 Å². The molecule has 1 aromatic heterocycles. The van der Waals surface area contributed by atoms with Crippen LogP contribution in [0, 0.1) is 5.92 Å². The SMILES string of the molecule is CS(=O)(=O)Nc1cccc(-c2nc3ccccc3n2CC2CCCCC2)c1. The molecule has 2 aromatic carbocycles. The Bertz CT molecular complexity index is 1050. The average molecular weight is 384 g/mol. The quantitative estimate of drug-likeness (QED) is 0.697. The average Bonchev–Trinajstić information content (AvgIpc) is 3.00. The van der Waals surface area contributed by atoms with Crippen molar-refractivity contribution in [2.45, 2.75) is 38.6 Å². The molecule has 27 heavy (non-hydrogen) atoms. The standard InChI is InChI=1S/C21H25N3O2S/c1-27(25,26)23-18-11-7-10-17(14-18)21-22-19-12-5-6-13-20(19)24(21)15-16-8-3-2-4-9-16/h5-7,10-14,16,23H,2-4,8-9,15H2,1H3. The molecule has 3 aromatic rings. The second-order valence-corrected chi connectivity index (χ2v) is 9.24. The summed E-state index contributed by atoms with van der Waals surface area (Å²) in [7, 11) is -3.31. The maximum Gasteiger partial charge on any atom is 0.229 e. The van der Waals surface area contributed by atoms with Crippen LogP contribution in [-0.4, -0.2) is 24.2 Å². The Morgan fingerprint density at radius 3 is 2.63 bits per heavy atom. The van der Waals surface area contributed by atoms with Gasteiger partial charge in [0.25, 0.3) is 0 Å². The molecule has 6 heteroatoms. The number of hydrogen-bond acceptors (Lipinski definition) is 3. The Morgan fingerprint density at radius 1 is 1.07 bits per heavy atom. The summed E-state index contributed by atoms with van der Waals surface area (Å²) in [4.78, 5) is 4.87. The number of rotatable bonds is 5. The predicted molar refractivity (Wildman–Crippen MR) is 110 cm³/mol. The molecule has 5 nitrogen and oxygen atoms in total. The highest BCUT2D eigenvalue weighted by molar-refractivity contribution is 7.92. The number of benzene rings is 2. The summed E-state index contributed by atoms with van der Waals surface area (Å²) in [6.07, 6.45) is 7.65.